The number of aliphatic imine (C=N–C) groups is 1. The van der Waals surface area contributed by atoms with Gasteiger partial charge in [0.05, 0.1) is 5.69 Å². The van der Waals surface area contributed by atoms with Gasteiger partial charge < -0.3 is 15.5 Å². The molecule has 1 saturated heterocycles. The zero-order valence-corrected chi connectivity index (χ0v) is 16.2. The molecule has 0 aliphatic carbocycles. The number of hydrogen-bond donors (Lipinski definition) is 2. The van der Waals surface area contributed by atoms with E-state index in [2.05, 4.69) is 55.4 Å². The Morgan fingerprint density at radius 3 is 2.67 bits per heavy atom. The SMILES string of the molecule is CCNC(=NCC1CCN(C)C1)NC(C)Cc1c(C)nn(C)c1C. The van der Waals surface area contributed by atoms with Gasteiger partial charge in [0.25, 0.3) is 0 Å². The third-order valence-corrected chi connectivity index (χ3v) is 4.89. The Morgan fingerprint density at radius 2 is 2.12 bits per heavy atom. The third-order valence-electron chi connectivity index (χ3n) is 4.89. The van der Waals surface area contributed by atoms with Gasteiger partial charge in [0.15, 0.2) is 5.96 Å². The predicted octanol–water partition coefficient (Wildman–Crippen LogP) is 1.47. The quantitative estimate of drug-likeness (QED) is 0.611. The normalized spacial score (nSPS) is 20.4. The molecule has 2 rings (SSSR count). The molecule has 0 radical (unpaired) electrons. The van der Waals surface area contributed by atoms with Crippen molar-refractivity contribution in [2.45, 2.75) is 46.6 Å². The fourth-order valence-corrected chi connectivity index (χ4v) is 3.42. The largest absolute Gasteiger partial charge is 0.357 e. The van der Waals surface area contributed by atoms with Crippen molar-refractivity contribution in [2.75, 3.05) is 33.2 Å². The Hall–Kier alpha value is -1.56. The number of nitrogens with zero attached hydrogens (tertiary/aromatic N) is 4. The molecule has 2 atom stereocenters. The fourth-order valence-electron chi connectivity index (χ4n) is 3.42. The van der Waals surface area contributed by atoms with Crippen LogP contribution in [0.1, 0.15) is 37.2 Å². The molecular formula is C18H34N6. The summed E-state index contributed by atoms with van der Waals surface area (Å²) in [5.41, 5.74) is 3.71. The minimum atomic E-state index is 0.315. The molecule has 6 nitrogen and oxygen atoms in total. The van der Waals surface area contributed by atoms with Gasteiger partial charge in [-0.1, -0.05) is 0 Å². The second-order valence-corrected chi connectivity index (χ2v) is 7.16. The summed E-state index contributed by atoms with van der Waals surface area (Å²) in [5, 5.41) is 11.4. The Kier molecular flexibility index (Phi) is 6.66. The number of nitrogens with one attached hydrogen (secondary N) is 2. The van der Waals surface area contributed by atoms with Crippen molar-refractivity contribution in [2.24, 2.45) is 18.0 Å². The first kappa shape index (κ1) is 18.8. The van der Waals surface area contributed by atoms with Crippen molar-refractivity contribution >= 4 is 5.96 Å². The maximum Gasteiger partial charge on any atom is 0.191 e. The van der Waals surface area contributed by atoms with Gasteiger partial charge in [0, 0.05) is 38.4 Å². The van der Waals surface area contributed by atoms with E-state index < -0.39 is 0 Å². The lowest BCUT2D eigenvalue weighted by Gasteiger charge is -2.19. The molecule has 1 aliphatic heterocycles. The summed E-state index contributed by atoms with van der Waals surface area (Å²) in [6.45, 7) is 12.7. The van der Waals surface area contributed by atoms with E-state index in [0.29, 0.717) is 12.0 Å². The van der Waals surface area contributed by atoms with Gasteiger partial charge in [0.1, 0.15) is 0 Å². The molecule has 0 saturated carbocycles. The maximum atomic E-state index is 4.81. The highest BCUT2D eigenvalue weighted by Crippen LogP contribution is 2.15. The summed E-state index contributed by atoms with van der Waals surface area (Å²) in [7, 11) is 4.20. The Bertz CT molecular complexity index is 562. The molecule has 1 aromatic rings. The van der Waals surface area contributed by atoms with E-state index in [9.17, 15) is 0 Å². The van der Waals surface area contributed by atoms with Gasteiger partial charge in [-0.05, 0) is 65.6 Å². The van der Waals surface area contributed by atoms with Crippen LogP contribution in [0, 0.1) is 19.8 Å². The molecule has 1 aliphatic rings. The molecule has 0 aromatic carbocycles. The molecule has 2 N–H and O–H groups in total. The first-order valence-corrected chi connectivity index (χ1v) is 9.13. The smallest absolute Gasteiger partial charge is 0.191 e. The van der Waals surface area contributed by atoms with Crippen LogP contribution in [0.2, 0.25) is 0 Å². The van der Waals surface area contributed by atoms with E-state index in [1.807, 2.05) is 11.7 Å². The van der Waals surface area contributed by atoms with E-state index in [4.69, 9.17) is 4.99 Å². The first-order chi connectivity index (χ1) is 11.4. The van der Waals surface area contributed by atoms with E-state index in [1.165, 1.54) is 24.2 Å². The summed E-state index contributed by atoms with van der Waals surface area (Å²) >= 11 is 0. The number of guanidine groups is 1. The summed E-state index contributed by atoms with van der Waals surface area (Å²) in [6, 6.07) is 0.315. The van der Waals surface area contributed by atoms with Crippen LogP contribution in [0.3, 0.4) is 0 Å². The van der Waals surface area contributed by atoms with Crippen LogP contribution in [0.15, 0.2) is 4.99 Å². The van der Waals surface area contributed by atoms with Crippen molar-refractivity contribution in [1.29, 1.82) is 0 Å². The number of aromatic nitrogens is 2. The van der Waals surface area contributed by atoms with E-state index in [0.717, 1.165) is 37.7 Å². The van der Waals surface area contributed by atoms with Gasteiger partial charge in [-0.15, -0.1) is 0 Å². The zero-order chi connectivity index (χ0) is 17.7. The molecule has 6 heteroatoms. The molecule has 136 valence electrons. The van der Waals surface area contributed by atoms with Crippen molar-refractivity contribution in [3.05, 3.63) is 17.0 Å². The van der Waals surface area contributed by atoms with Gasteiger partial charge >= 0.3 is 0 Å². The minimum absolute atomic E-state index is 0.315. The number of likely N-dealkylation sites (tertiary alicyclic amines) is 1. The van der Waals surface area contributed by atoms with Crippen molar-refractivity contribution in [1.82, 2.24) is 25.3 Å². The van der Waals surface area contributed by atoms with Crippen molar-refractivity contribution < 1.29 is 0 Å². The highest BCUT2D eigenvalue weighted by molar-refractivity contribution is 5.80. The van der Waals surface area contributed by atoms with Gasteiger partial charge in [0.2, 0.25) is 0 Å². The zero-order valence-electron chi connectivity index (χ0n) is 16.2. The lowest BCUT2D eigenvalue weighted by Crippen LogP contribution is -2.43. The van der Waals surface area contributed by atoms with E-state index in [-0.39, 0.29) is 0 Å². The predicted molar refractivity (Wildman–Crippen MR) is 101 cm³/mol. The average molecular weight is 335 g/mol. The van der Waals surface area contributed by atoms with E-state index >= 15 is 0 Å². The molecule has 24 heavy (non-hydrogen) atoms. The first-order valence-electron chi connectivity index (χ1n) is 9.13. The number of aryl methyl sites for hydroxylation is 2. The lowest BCUT2D eigenvalue weighted by atomic mass is 10.1. The molecule has 0 amide bonds. The summed E-state index contributed by atoms with van der Waals surface area (Å²) in [6.07, 6.45) is 2.21. The van der Waals surface area contributed by atoms with Crippen LogP contribution in [-0.4, -0.2) is 59.9 Å². The van der Waals surface area contributed by atoms with E-state index in [1.54, 1.807) is 0 Å². The van der Waals surface area contributed by atoms with Crippen molar-refractivity contribution in [3.63, 3.8) is 0 Å². The second-order valence-electron chi connectivity index (χ2n) is 7.16. The lowest BCUT2D eigenvalue weighted by molar-refractivity contribution is 0.397. The van der Waals surface area contributed by atoms with Crippen LogP contribution in [0.25, 0.3) is 0 Å². The maximum absolute atomic E-state index is 4.81. The number of rotatable bonds is 6. The van der Waals surface area contributed by atoms with Gasteiger partial charge in [-0.2, -0.15) is 5.10 Å². The monoisotopic (exact) mass is 334 g/mol. The molecule has 1 aromatic heterocycles. The summed E-state index contributed by atoms with van der Waals surface area (Å²) < 4.78 is 1.97. The standard InChI is InChI=1S/C18H34N6/c1-7-19-18(20-11-16-8-9-23(5)12-16)21-13(2)10-17-14(3)22-24(6)15(17)4/h13,16H,7-12H2,1-6H3,(H2,19,20,21). The highest BCUT2D eigenvalue weighted by atomic mass is 15.3. The van der Waals surface area contributed by atoms with Crippen LogP contribution in [0.4, 0.5) is 0 Å². The highest BCUT2D eigenvalue weighted by Gasteiger charge is 2.19. The van der Waals surface area contributed by atoms with Crippen LogP contribution >= 0.6 is 0 Å². The Morgan fingerprint density at radius 1 is 1.38 bits per heavy atom. The molecule has 0 bridgehead atoms. The molecule has 0 spiro atoms. The van der Waals surface area contributed by atoms with Crippen LogP contribution < -0.4 is 10.6 Å². The average Bonchev–Trinajstić information content (AvgIpc) is 3.04. The van der Waals surface area contributed by atoms with Gasteiger partial charge in [-0.3, -0.25) is 9.67 Å². The topological polar surface area (TPSA) is 57.5 Å². The third kappa shape index (κ3) is 4.97. The van der Waals surface area contributed by atoms with Crippen molar-refractivity contribution in [3.8, 4) is 0 Å². The van der Waals surface area contributed by atoms with Crippen LogP contribution in [-0.2, 0) is 13.5 Å². The molecule has 2 unspecified atom stereocenters. The minimum Gasteiger partial charge on any atom is -0.357 e. The Balaban J connectivity index is 1.93. The summed E-state index contributed by atoms with van der Waals surface area (Å²) in [4.78, 5) is 7.19. The van der Waals surface area contributed by atoms with Gasteiger partial charge in [-0.25, -0.2) is 0 Å². The fraction of sp³-hybridized carbons (Fsp3) is 0.778. The molecular weight excluding hydrogens is 300 g/mol. The Labute approximate surface area is 146 Å². The molecule has 2 heterocycles. The van der Waals surface area contributed by atoms with Crippen LogP contribution in [0.5, 0.6) is 0 Å². The summed E-state index contributed by atoms with van der Waals surface area (Å²) in [5.74, 6) is 1.61. The second kappa shape index (κ2) is 8.51. The molecule has 1 fully saturated rings. The number of hydrogen-bond acceptors (Lipinski definition) is 3.